The molecule has 6 heterocycles. The average molecular weight is 1230 g/mol. The topological polar surface area (TPSA) is 53.9 Å². The van der Waals surface area contributed by atoms with E-state index in [9.17, 15) is 5.26 Å². The van der Waals surface area contributed by atoms with Crippen molar-refractivity contribution in [1.82, 2.24) is 8.75 Å². The van der Waals surface area contributed by atoms with Crippen LogP contribution in [0.5, 0.6) is 0 Å². The lowest BCUT2D eigenvalue weighted by Gasteiger charge is -2.10. The first-order chi connectivity index (χ1) is 41.5. The Hall–Kier alpha value is -4.26. The fourth-order valence-corrected chi connectivity index (χ4v) is 18.7. The van der Waals surface area contributed by atoms with E-state index in [0.29, 0.717) is 11.3 Å². The summed E-state index contributed by atoms with van der Waals surface area (Å²) in [4.78, 5) is 16.8. The molecule has 0 aliphatic carbocycles. The Balaban J connectivity index is 1.03. The standard InChI is InChI=1S/C74H96N4S6/c1-5-8-11-14-17-19-21-23-25-27-29-31-33-37-44-57-53-66(82-74(57)65-52-51-63(81-65)62-50-49-61(80-62)56-42-39-36-40-43-56)68-60(55-75)70(76-4)69(72-71(68)77-84-78-72)67-54-58(45-38-34-32-30-28-26-24-22-20-18-15-12-9-6-2)73(83-67)64-48-47-59(79-64)46-41-35-16-13-10-7-3/h36,39-40,42-43,47-54H,5-35,37-38,41,44-46H2,1-3H3. The number of aromatic nitrogens is 2. The highest BCUT2D eigenvalue weighted by molar-refractivity contribution is 7.28. The third kappa shape index (κ3) is 19.6. The van der Waals surface area contributed by atoms with Crippen molar-refractivity contribution < 1.29 is 0 Å². The SMILES string of the molecule is [C-]#[N+]c1c(C#N)c(-c2cc(CCCCCCCCCCCCCCCC)c(-c3ccc(-c4ccc(-c5ccccc5)s4)s3)s2)c2nsnc2c1-c1cc(CCCCCCCCCCCCCCCC)c(-c2ccc(CCCCCCCC)s2)s1. The molecule has 0 atom stereocenters. The maximum absolute atomic E-state index is 11.4. The van der Waals surface area contributed by atoms with Gasteiger partial charge in [0.05, 0.1) is 29.9 Å². The number of nitrogens with zero attached hydrogens (tertiary/aromatic N) is 4. The number of rotatable bonds is 43. The van der Waals surface area contributed by atoms with Crippen LogP contribution in [-0.4, -0.2) is 8.75 Å². The molecule has 0 aliphatic rings. The summed E-state index contributed by atoms with van der Waals surface area (Å²) in [5.41, 5.74) is 7.83. The zero-order valence-corrected chi connectivity index (χ0v) is 56.3. The van der Waals surface area contributed by atoms with E-state index >= 15 is 0 Å². The van der Waals surface area contributed by atoms with E-state index in [4.69, 9.17) is 15.3 Å². The van der Waals surface area contributed by atoms with Crippen LogP contribution < -0.4 is 0 Å². The highest BCUT2D eigenvalue weighted by Crippen LogP contribution is 2.53. The second kappa shape index (κ2) is 37.4. The molecule has 8 rings (SSSR count). The number of nitriles is 1. The number of thiophene rings is 5. The molecular formula is C74H96N4S6. The van der Waals surface area contributed by atoms with Gasteiger partial charge in [-0.05, 0) is 104 Å². The summed E-state index contributed by atoms with van der Waals surface area (Å²) in [6.45, 7) is 15.8. The third-order valence-corrected chi connectivity index (χ3v) is 23.9. The molecule has 10 heteroatoms. The van der Waals surface area contributed by atoms with Gasteiger partial charge in [-0.15, -0.1) is 56.7 Å². The van der Waals surface area contributed by atoms with Crippen LogP contribution in [0.25, 0.3) is 76.5 Å². The minimum absolute atomic E-state index is 0.410. The molecule has 6 aromatic heterocycles. The van der Waals surface area contributed by atoms with Gasteiger partial charge in [0.1, 0.15) is 11.0 Å². The van der Waals surface area contributed by atoms with Gasteiger partial charge in [-0.2, -0.15) is 14.0 Å². The lowest BCUT2D eigenvalue weighted by Crippen LogP contribution is -1.91. The molecule has 0 fully saturated rings. The number of unbranched alkanes of at least 4 members (excludes halogenated alkanes) is 31. The molecule has 0 saturated heterocycles. The summed E-state index contributed by atoms with van der Waals surface area (Å²) in [6, 6.07) is 31.9. The molecule has 0 bridgehead atoms. The molecule has 448 valence electrons. The molecule has 0 aliphatic heterocycles. The number of aryl methyl sites for hydroxylation is 3. The van der Waals surface area contributed by atoms with Crippen molar-refractivity contribution >= 4 is 85.1 Å². The first-order valence-corrected chi connectivity index (χ1v) is 38.1. The van der Waals surface area contributed by atoms with Crippen LogP contribution in [0.4, 0.5) is 5.69 Å². The predicted octanol–water partition coefficient (Wildman–Crippen LogP) is 27.4. The van der Waals surface area contributed by atoms with Gasteiger partial charge in [-0.1, -0.05) is 250 Å². The van der Waals surface area contributed by atoms with E-state index in [1.54, 1.807) is 22.7 Å². The fourth-order valence-electron chi connectivity index (χ4n) is 12.1. The van der Waals surface area contributed by atoms with Crippen molar-refractivity contribution in [3.8, 4) is 66.7 Å². The Morgan fingerprint density at radius 2 is 0.774 bits per heavy atom. The fraction of sp³-hybridized carbons (Fsp3) is 0.541. The van der Waals surface area contributed by atoms with Crippen LogP contribution in [0.1, 0.15) is 261 Å². The summed E-state index contributed by atoms with van der Waals surface area (Å²) in [7, 11) is 0. The molecule has 0 N–H and O–H groups in total. The Morgan fingerprint density at radius 1 is 0.393 bits per heavy atom. The maximum Gasteiger partial charge on any atom is 0.216 e. The lowest BCUT2D eigenvalue weighted by molar-refractivity contribution is 0.535. The van der Waals surface area contributed by atoms with Crippen molar-refractivity contribution in [2.75, 3.05) is 0 Å². The smallest absolute Gasteiger partial charge is 0.216 e. The van der Waals surface area contributed by atoms with Crippen LogP contribution in [0, 0.1) is 17.9 Å². The second-order valence-electron chi connectivity index (χ2n) is 23.8. The van der Waals surface area contributed by atoms with Crippen LogP contribution >= 0.6 is 68.4 Å². The average Bonchev–Trinajstić information content (AvgIpc) is 3.67. The van der Waals surface area contributed by atoms with Crippen molar-refractivity contribution in [3.63, 3.8) is 0 Å². The van der Waals surface area contributed by atoms with E-state index in [0.717, 1.165) is 64.0 Å². The van der Waals surface area contributed by atoms with Crippen molar-refractivity contribution in [1.29, 1.82) is 5.26 Å². The molecule has 0 amide bonds. The minimum Gasteiger partial charge on any atom is -0.236 e. The first kappa shape index (κ1) is 65.7. The molecule has 0 radical (unpaired) electrons. The van der Waals surface area contributed by atoms with Gasteiger partial charge in [0.2, 0.25) is 5.69 Å². The van der Waals surface area contributed by atoms with Crippen molar-refractivity contribution in [2.24, 2.45) is 0 Å². The third-order valence-electron chi connectivity index (χ3n) is 17.0. The van der Waals surface area contributed by atoms with E-state index in [1.165, 1.54) is 273 Å². The Bertz CT molecular complexity index is 3220. The predicted molar refractivity (Wildman–Crippen MR) is 376 cm³/mol. The van der Waals surface area contributed by atoms with Gasteiger partial charge in [-0.25, -0.2) is 4.85 Å². The van der Waals surface area contributed by atoms with Crippen LogP contribution in [0.15, 0.2) is 78.9 Å². The quantitative estimate of drug-likeness (QED) is 0.0283. The minimum atomic E-state index is 0.410. The van der Waals surface area contributed by atoms with E-state index in [-0.39, 0.29) is 0 Å². The maximum atomic E-state index is 11.4. The van der Waals surface area contributed by atoms with Crippen molar-refractivity contribution in [3.05, 3.63) is 112 Å². The zero-order valence-electron chi connectivity index (χ0n) is 51.4. The highest BCUT2D eigenvalue weighted by atomic mass is 32.1. The molecular weight excluding hydrogens is 1140 g/mol. The van der Waals surface area contributed by atoms with Gasteiger partial charge in [0, 0.05) is 59.9 Å². The Kier molecular flexibility index (Phi) is 29.3. The van der Waals surface area contributed by atoms with E-state index < -0.39 is 0 Å². The summed E-state index contributed by atoms with van der Waals surface area (Å²) in [5, 5.41) is 11.4. The van der Waals surface area contributed by atoms with Crippen LogP contribution in [-0.2, 0) is 19.3 Å². The van der Waals surface area contributed by atoms with Crippen molar-refractivity contribution in [2.45, 2.75) is 258 Å². The van der Waals surface area contributed by atoms with Gasteiger partial charge in [0.15, 0.2) is 0 Å². The summed E-state index contributed by atoms with van der Waals surface area (Å²) >= 11 is 10.4. The molecule has 4 nitrogen and oxygen atoms in total. The summed E-state index contributed by atoms with van der Waals surface area (Å²) < 4.78 is 10.1. The largest absolute Gasteiger partial charge is 0.236 e. The second-order valence-corrected chi connectivity index (χ2v) is 29.7. The molecule has 0 unspecified atom stereocenters. The molecule has 0 saturated carbocycles. The monoisotopic (exact) mass is 1230 g/mol. The lowest BCUT2D eigenvalue weighted by atomic mass is 9.95. The van der Waals surface area contributed by atoms with E-state index in [2.05, 4.69) is 111 Å². The number of benzene rings is 2. The number of hydrogen-bond donors (Lipinski definition) is 0. The summed E-state index contributed by atoms with van der Waals surface area (Å²) in [6.07, 6.45) is 48.5. The molecule has 0 spiro atoms. The molecule has 84 heavy (non-hydrogen) atoms. The van der Waals surface area contributed by atoms with Gasteiger partial charge >= 0.3 is 0 Å². The number of fused-ring (bicyclic) bond motifs is 1. The molecule has 2 aromatic carbocycles. The zero-order chi connectivity index (χ0) is 58.4. The van der Waals surface area contributed by atoms with Crippen LogP contribution in [0.3, 0.4) is 0 Å². The summed E-state index contributed by atoms with van der Waals surface area (Å²) in [5.74, 6) is 0. The normalized spacial score (nSPS) is 11.6. The highest BCUT2D eigenvalue weighted by Gasteiger charge is 2.29. The Morgan fingerprint density at radius 3 is 1.24 bits per heavy atom. The number of hydrogen-bond acceptors (Lipinski definition) is 9. The van der Waals surface area contributed by atoms with Gasteiger partial charge in [-0.3, -0.25) is 0 Å². The first-order valence-electron chi connectivity index (χ1n) is 33.3. The van der Waals surface area contributed by atoms with E-state index in [1.807, 2.05) is 34.0 Å². The van der Waals surface area contributed by atoms with Gasteiger partial charge in [0.25, 0.3) is 0 Å². The van der Waals surface area contributed by atoms with Crippen LogP contribution in [0.2, 0.25) is 0 Å². The molecule has 8 aromatic rings. The Labute approximate surface area is 531 Å². The van der Waals surface area contributed by atoms with Gasteiger partial charge < -0.3 is 0 Å².